The second kappa shape index (κ2) is 7.18. The Morgan fingerprint density at radius 3 is 2.38 bits per heavy atom. The van der Waals surface area contributed by atoms with Crippen LogP contribution in [0.4, 0.5) is 10.2 Å². The zero-order valence-electron chi connectivity index (χ0n) is 17.0. The molecule has 0 amide bonds. The van der Waals surface area contributed by atoms with Crippen LogP contribution in [-0.2, 0) is 20.0 Å². The molecular formula is C23H19FN2O4S2. The summed E-state index contributed by atoms with van der Waals surface area (Å²) in [4.78, 5) is 2.74. The molecule has 1 aromatic heterocycles. The first-order valence-electron chi connectivity index (χ1n) is 9.89. The average molecular weight is 471 g/mol. The molecule has 5 rings (SSSR count). The monoisotopic (exact) mass is 470 g/mol. The molecule has 9 heteroatoms. The molecule has 4 aromatic rings. The number of nitrogens with one attached hydrogen (secondary N) is 1. The Hall–Kier alpha value is -3.17. The highest BCUT2D eigenvalue weighted by molar-refractivity contribution is 8.10. The summed E-state index contributed by atoms with van der Waals surface area (Å²) in [6.45, 7) is 1.81. The van der Waals surface area contributed by atoms with Gasteiger partial charge in [-0.1, -0.05) is 48.0 Å². The minimum Gasteiger partial charge on any atom is -0.339 e. The number of H-pyrrole nitrogens is 1. The van der Waals surface area contributed by atoms with Gasteiger partial charge in [-0.15, -0.1) is 3.71 Å². The predicted molar refractivity (Wildman–Crippen MR) is 121 cm³/mol. The van der Waals surface area contributed by atoms with E-state index in [1.165, 1.54) is 24.3 Å². The Labute approximate surface area is 185 Å². The molecule has 1 aliphatic rings. The minimum absolute atomic E-state index is 0.0775. The highest BCUT2D eigenvalue weighted by atomic mass is 32.3. The molecule has 0 spiro atoms. The van der Waals surface area contributed by atoms with E-state index in [4.69, 9.17) is 0 Å². The van der Waals surface area contributed by atoms with Gasteiger partial charge in [0.2, 0.25) is 0 Å². The quantitative estimate of drug-likeness (QED) is 0.484. The lowest BCUT2D eigenvalue weighted by molar-refractivity contribution is 0.579. The SMILES string of the molecule is Cc1ccc(S(=O)(=O)N2c3[nH]c4cc(F)ccc4c3C(c3ccccc3)CS2(=O)=O)cc1. The number of nitrogens with zero attached hydrogens (tertiary/aromatic N) is 1. The Balaban J connectivity index is 1.81. The number of halogens is 1. The van der Waals surface area contributed by atoms with Crippen molar-refractivity contribution in [3.8, 4) is 0 Å². The lowest BCUT2D eigenvalue weighted by Gasteiger charge is -2.32. The molecule has 6 nitrogen and oxygen atoms in total. The van der Waals surface area contributed by atoms with E-state index >= 15 is 0 Å². The largest absolute Gasteiger partial charge is 0.339 e. The van der Waals surface area contributed by atoms with Crippen molar-refractivity contribution in [3.63, 3.8) is 0 Å². The highest BCUT2D eigenvalue weighted by Crippen LogP contribution is 2.46. The Kier molecular flexibility index (Phi) is 4.65. The Morgan fingerprint density at radius 1 is 1.00 bits per heavy atom. The van der Waals surface area contributed by atoms with Crippen LogP contribution < -0.4 is 3.71 Å². The first-order valence-corrected chi connectivity index (χ1v) is 12.9. The van der Waals surface area contributed by atoms with Crippen LogP contribution in [0.25, 0.3) is 10.9 Å². The molecule has 0 aliphatic carbocycles. The van der Waals surface area contributed by atoms with Gasteiger partial charge in [-0.25, -0.2) is 12.8 Å². The van der Waals surface area contributed by atoms with Crippen LogP contribution in [0.5, 0.6) is 0 Å². The molecule has 32 heavy (non-hydrogen) atoms. The molecule has 164 valence electrons. The van der Waals surface area contributed by atoms with Gasteiger partial charge in [0.15, 0.2) is 0 Å². The molecule has 2 heterocycles. The molecule has 0 saturated carbocycles. The van der Waals surface area contributed by atoms with Crippen molar-refractivity contribution in [2.45, 2.75) is 17.7 Å². The van der Waals surface area contributed by atoms with Gasteiger partial charge in [-0.05, 0) is 42.8 Å². The highest BCUT2D eigenvalue weighted by Gasteiger charge is 2.46. The summed E-state index contributed by atoms with van der Waals surface area (Å²) < 4.78 is 68.3. The van der Waals surface area contributed by atoms with Crippen molar-refractivity contribution in [1.29, 1.82) is 0 Å². The van der Waals surface area contributed by atoms with Gasteiger partial charge < -0.3 is 4.98 Å². The van der Waals surface area contributed by atoms with Crippen molar-refractivity contribution in [1.82, 2.24) is 4.98 Å². The first-order chi connectivity index (χ1) is 15.2. The molecule has 1 unspecified atom stereocenters. The number of aromatic nitrogens is 1. The number of hydrogen-bond donors (Lipinski definition) is 1. The van der Waals surface area contributed by atoms with Gasteiger partial charge in [0.25, 0.3) is 20.0 Å². The van der Waals surface area contributed by atoms with Crippen LogP contribution in [0.3, 0.4) is 0 Å². The van der Waals surface area contributed by atoms with Crippen molar-refractivity contribution < 1.29 is 21.2 Å². The van der Waals surface area contributed by atoms with E-state index < -0.39 is 37.5 Å². The molecule has 0 fully saturated rings. The number of fused-ring (bicyclic) bond motifs is 3. The van der Waals surface area contributed by atoms with Crippen molar-refractivity contribution >= 4 is 36.8 Å². The second-order valence-corrected chi connectivity index (χ2v) is 11.7. The maximum absolute atomic E-state index is 13.9. The van der Waals surface area contributed by atoms with E-state index in [-0.39, 0.29) is 10.7 Å². The molecule has 3 aromatic carbocycles. The topological polar surface area (TPSA) is 87.3 Å². The average Bonchev–Trinajstić information content (AvgIpc) is 3.10. The van der Waals surface area contributed by atoms with Crippen molar-refractivity contribution in [2.24, 2.45) is 0 Å². The molecule has 0 saturated heterocycles. The number of anilines is 1. The van der Waals surface area contributed by atoms with Gasteiger partial charge in [0.1, 0.15) is 11.6 Å². The van der Waals surface area contributed by atoms with Crippen LogP contribution in [0.15, 0.2) is 77.7 Å². The zero-order valence-corrected chi connectivity index (χ0v) is 18.6. The maximum Gasteiger partial charge on any atom is 0.278 e. The normalized spacial score (nSPS) is 17.9. The zero-order chi connectivity index (χ0) is 22.7. The van der Waals surface area contributed by atoms with E-state index in [1.54, 1.807) is 42.5 Å². The fourth-order valence-corrected chi connectivity index (χ4v) is 8.23. The summed E-state index contributed by atoms with van der Waals surface area (Å²) >= 11 is 0. The number of sulfonamides is 2. The number of rotatable bonds is 3. The van der Waals surface area contributed by atoms with E-state index in [1.807, 2.05) is 13.0 Å². The molecule has 1 aliphatic heterocycles. The molecular weight excluding hydrogens is 451 g/mol. The van der Waals surface area contributed by atoms with Gasteiger partial charge >= 0.3 is 0 Å². The van der Waals surface area contributed by atoms with Gasteiger partial charge in [-0.2, -0.15) is 8.42 Å². The number of aromatic amines is 1. The standard InChI is InChI=1S/C23H19FN2O4S2/c1-15-7-10-18(11-8-15)32(29,30)26-23-22(19-12-9-17(24)13-21(19)25-23)20(14-31(26,27)28)16-5-3-2-4-6-16/h2-13,20,25H,14H2,1H3. The summed E-state index contributed by atoms with van der Waals surface area (Å²) in [6.07, 6.45) is 0. The van der Waals surface area contributed by atoms with Crippen molar-refractivity contribution in [3.05, 3.63) is 95.3 Å². The number of aryl methyl sites for hydroxylation is 1. The number of benzene rings is 3. The predicted octanol–water partition coefficient (Wildman–Crippen LogP) is 4.29. The molecule has 1 N–H and O–H groups in total. The van der Waals surface area contributed by atoms with E-state index in [2.05, 4.69) is 4.98 Å². The van der Waals surface area contributed by atoms with Crippen LogP contribution in [0.2, 0.25) is 0 Å². The van der Waals surface area contributed by atoms with Gasteiger partial charge in [0.05, 0.1) is 16.2 Å². The molecule has 1 atom stereocenters. The third-order valence-corrected chi connectivity index (χ3v) is 9.88. The smallest absolute Gasteiger partial charge is 0.278 e. The molecule has 0 radical (unpaired) electrons. The minimum atomic E-state index is -4.44. The summed E-state index contributed by atoms with van der Waals surface area (Å²) in [5, 5.41) is 0.578. The van der Waals surface area contributed by atoms with E-state index in [9.17, 15) is 21.2 Å². The lowest BCUT2D eigenvalue weighted by atomic mass is 9.92. The van der Waals surface area contributed by atoms with Gasteiger partial charge in [0, 0.05) is 16.9 Å². The fraction of sp³-hybridized carbons (Fsp3) is 0.130. The van der Waals surface area contributed by atoms with Crippen LogP contribution in [0.1, 0.15) is 22.6 Å². The van der Waals surface area contributed by atoms with E-state index in [0.29, 0.717) is 20.2 Å². The summed E-state index contributed by atoms with van der Waals surface area (Å²) in [5.74, 6) is -1.63. The summed E-state index contributed by atoms with van der Waals surface area (Å²) in [5.41, 5.74) is 2.42. The van der Waals surface area contributed by atoms with E-state index in [0.717, 1.165) is 11.1 Å². The second-order valence-electron chi connectivity index (χ2n) is 7.83. The first kappa shape index (κ1) is 20.7. The Bertz CT molecular complexity index is 1550. The van der Waals surface area contributed by atoms with Crippen LogP contribution in [0, 0.1) is 12.7 Å². The van der Waals surface area contributed by atoms with Crippen LogP contribution in [-0.4, -0.2) is 27.6 Å². The fourth-order valence-electron chi connectivity index (χ4n) is 4.20. The number of hydrogen-bond acceptors (Lipinski definition) is 4. The maximum atomic E-state index is 13.9. The van der Waals surface area contributed by atoms with Gasteiger partial charge in [-0.3, -0.25) is 0 Å². The lowest BCUT2D eigenvalue weighted by Crippen LogP contribution is -2.43. The summed E-state index contributed by atoms with van der Waals surface area (Å²) in [6, 6.07) is 19.1. The third kappa shape index (κ3) is 3.20. The third-order valence-electron chi connectivity index (χ3n) is 5.68. The molecule has 0 bridgehead atoms. The van der Waals surface area contributed by atoms with Crippen LogP contribution >= 0.6 is 0 Å². The summed E-state index contributed by atoms with van der Waals surface area (Å²) in [7, 11) is -8.73. The Morgan fingerprint density at radius 2 is 1.69 bits per heavy atom. The van der Waals surface area contributed by atoms with Crippen molar-refractivity contribution in [2.75, 3.05) is 9.46 Å².